The van der Waals surface area contributed by atoms with Crippen LogP contribution in [-0.2, 0) is 0 Å². The van der Waals surface area contributed by atoms with Crippen molar-refractivity contribution in [2.75, 3.05) is 5.33 Å². The number of carbonyl (C=O) groups is 1. The first-order valence-corrected chi connectivity index (χ1v) is 7.68. The lowest BCUT2D eigenvalue weighted by Gasteiger charge is -2.19. The summed E-state index contributed by atoms with van der Waals surface area (Å²) in [6.07, 6.45) is 3.53. The van der Waals surface area contributed by atoms with E-state index in [9.17, 15) is 4.79 Å². The molecule has 3 heteroatoms. The molecule has 0 heterocycles. The molecule has 1 amide bonds. The smallest absolute Gasteiger partial charge is 0.251 e. The summed E-state index contributed by atoms with van der Waals surface area (Å²) in [4.78, 5) is 12.2. The third-order valence-electron chi connectivity index (χ3n) is 3.94. The maximum absolute atomic E-state index is 12.2. The van der Waals surface area contributed by atoms with Gasteiger partial charge in [0, 0.05) is 16.9 Å². The van der Waals surface area contributed by atoms with Gasteiger partial charge in [-0.25, -0.2) is 0 Å². The van der Waals surface area contributed by atoms with Gasteiger partial charge in [-0.15, -0.1) is 0 Å². The summed E-state index contributed by atoms with van der Waals surface area (Å²) in [6, 6.07) is 6.23. The van der Waals surface area contributed by atoms with E-state index in [1.165, 1.54) is 24.0 Å². The highest BCUT2D eigenvalue weighted by Crippen LogP contribution is 2.27. The number of alkyl halides is 1. The van der Waals surface area contributed by atoms with Crippen molar-refractivity contribution < 1.29 is 4.79 Å². The Morgan fingerprint density at radius 1 is 1.33 bits per heavy atom. The van der Waals surface area contributed by atoms with Gasteiger partial charge in [0.25, 0.3) is 5.91 Å². The largest absolute Gasteiger partial charge is 0.349 e. The van der Waals surface area contributed by atoms with Crippen molar-refractivity contribution in [3.8, 4) is 0 Å². The van der Waals surface area contributed by atoms with E-state index in [0.29, 0.717) is 12.0 Å². The predicted octanol–water partition coefficient (Wildman–Crippen LogP) is 3.60. The zero-order valence-corrected chi connectivity index (χ0v) is 12.6. The molecule has 98 valence electrons. The van der Waals surface area contributed by atoms with E-state index in [0.717, 1.165) is 17.3 Å². The lowest BCUT2D eigenvalue weighted by atomic mass is 10.0. The van der Waals surface area contributed by atoms with Gasteiger partial charge in [-0.05, 0) is 55.9 Å². The molecule has 2 nitrogen and oxygen atoms in total. The molecule has 0 saturated heterocycles. The Kier molecular flexibility index (Phi) is 4.44. The molecule has 18 heavy (non-hydrogen) atoms. The fraction of sp³-hybridized carbons (Fsp3) is 0.533. The van der Waals surface area contributed by atoms with Gasteiger partial charge < -0.3 is 5.32 Å². The van der Waals surface area contributed by atoms with Crippen LogP contribution in [0.25, 0.3) is 0 Å². The van der Waals surface area contributed by atoms with E-state index >= 15 is 0 Å². The second-order valence-electron chi connectivity index (χ2n) is 5.22. The molecule has 1 aliphatic carbocycles. The van der Waals surface area contributed by atoms with E-state index < -0.39 is 0 Å². The maximum Gasteiger partial charge on any atom is 0.251 e. The third kappa shape index (κ3) is 2.94. The Morgan fingerprint density at radius 2 is 2.11 bits per heavy atom. The van der Waals surface area contributed by atoms with Gasteiger partial charge in [-0.3, -0.25) is 4.79 Å². The zero-order chi connectivity index (χ0) is 13.1. The Balaban J connectivity index is 2.05. The first-order valence-electron chi connectivity index (χ1n) is 6.56. The molecule has 0 aromatic heterocycles. The topological polar surface area (TPSA) is 29.1 Å². The van der Waals surface area contributed by atoms with Crippen molar-refractivity contribution in [2.45, 2.75) is 39.2 Å². The lowest BCUT2D eigenvalue weighted by Crippen LogP contribution is -2.37. The SMILES string of the molecule is Cc1ccc(C(=O)NC2CCCC2CBr)cc1C. The van der Waals surface area contributed by atoms with Crippen LogP contribution in [0.4, 0.5) is 0 Å². The monoisotopic (exact) mass is 309 g/mol. The van der Waals surface area contributed by atoms with E-state index in [-0.39, 0.29) is 5.91 Å². The molecule has 0 spiro atoms. The number of halogens is 1. The molecule has 1 aromatic carbocycles. The first-order chi connectivity index (χ1) is 8.61. The van der Waals surface area contributed by atoms with Gasteiger partial charge in [0.2, 0.25) is 0 Å². The molecular weight excluding hydrogens is 290 g/mol. The van der Waals surface area contributed by atoms with Crippen molar-refractivity contribution in [1.82, 2.24) is 5.32 Å². The molecule has 1 aliphatic rings. The molecule has 2 atom stereocenters. The van der Waals surface area contributed by atoms with Gasteiger partial charge in [0.05, 0.1) is 0 Å². The first kappa shape index (κ1) is 13.6. The van der Waals surface area contributed by atoms with E-state index in [2.05, 4.69) is 28.2 Å². The summed E-state index contributed by atoms with van der Waals surface area (Å²) in [5.41, 5.74) is 3.18. The molecule has 0 aliphatic heterocycles. The van der Waals surface area contributed by atoms with Crippen LogP contribution < -0.4 is 5.32 Å². The summed E-state index contributed by atoms with van der Waals surface area (Å²) in [5, 5.41) is 4.15. The van der Waals surface area contributed by atoms with Crippen LogP contribution >= 0.6 is 15.9 Å². The minimum atomic E-state index is 0.0657. The van der Waals surface area contributed by atoms with Crippen molar-refractivity contribution in [1.29, 1.82) is 0 Å². The second-order valence-corrected chi connectivity index (χ2v) is 5.87. The highest BCUT2D eigenvalue weighted by Gasteiger charge is 2.27. The van der Waals surface area contributed by atoms with Gasteiger partial charge in [-0.1, -0.05) is 28.4 Å². The van der Waals surface area contributed by atoms with Crippen LogP contribution in [0.2, 0.25) is 0 Å². The van der Waals surface area contributed by atoms with Gasteiger partial charge in [0.1, 0.15) is 0 Å². The number of rotatable bonds is 3. The van der Waals surface area contributed by atoms with Crippen molar-refractivity contribution in [2.24, 2.45) is 5.92 Å². The van der Waals surface area contributed by atoms with Gasteiger partial charge >= 0.3 is 0 Å². The zero-order valence-electron chi connectivity index (χ0n) is 11.0. The van der Waals surface area contributed by atoms with Gasteiger partial charge in [-0.2, -0.15) is 0 Å². The van der Waals surface area contributed by atoms with Crippen LogP contribution in [0.1, 0.15) is 40.7 Å². The van der Waals surface area contributed by atoms with E-state index in [4.69, 9.17) is 0 Å². The summed E-state index contributed by atoms with van der Waals surface area (Å²) >= 11 is 3.53. The number of benzene rings is 1. The van der Waals surface area contributed by atoms with Gasteiger partial charge in [0.15, 0.2) is 0 Å². The van der Waals surface area contributed by atoms with Crippen LogP contribution in [0, 0.1) is 19.8 Å². The Bertz CT molecular complexity index is 444. The summed E-state index contributed by atoms with van der Waals surface area (Å²) in [5.74, 6) is 0.649. The number of nitrogens with one attached hydrogen (secondary N) is 1. The molecule has 0 bridgehead atoms. The highest BCUT2D eigenvalue weighted by atomic mass is 79.9. The molecular formula is C15H20BrNO. The molecule has 0 radical (unpaired) electrons. The summed E-state index contributed by atoms with van der Waals surface area (Å²) in [6.45, 7) is 4.11. The van der Waals surface area contributed by atoms with Crippen LogP contribution in [0.5, 0.6) is 0 Å². The minimum Gasteiger partial charge on any atom is -0.349 e. The number of amides is 1. The van der Waals surface area contributed by atoms with Crippen LogP contribution in [0.3, 0.4) is 0 Å². The Morgan fingerprint density at radius 3 is 2.78 bits per heavy atom. The lowest BCUT2D eigenvalue weighted by molar-refractivity contribution is 0.0930. The van der Waals surface area contributed by atoms with Crippen molar-refractivity contribution >= 4 is 21.8 Å². The summed E-state index contributed by atoms with van der Waals surface area (Å²) < 4.78 is 0. The molecule has 1 fully saturated rings. The quantitative estimate of drug-likeness (QED) is 0.849. The predicted molar refractivity (Wildman–Crippen MR) is 78.3 cm³/mol. The maximum atomic E-state index is 12.2. The van der Waals surface area contributed by atoms with E-state index in [1.54, 1.807) is 0 Å². The fourth-order valence-electron chi connectivity index (χ4n) is 2.55. The standard InChI is InChI=1S/C15H20BrNO/c1-10-6-7-12(8-11(10)2)15(18)17-14-5-3-4-13(14)9-16/h6-8,13-14H,3-5,9H2,1-2H3,(H,17,18). The minimum absolute atomic E-state index is 0.0657. The molecule has 1 aromatic rings. The number of hydrogen-bond acceptors (Lipinski definition) is 1. The average molecular weight is 310 g/mol. The third-order valence-corrected chi connectivity index (χ3v) is 4.77. The van der Waals surface area contributed by atoms with Crippen LogP contribution in [0.15, 0.2) is 18.2 Å². The fourth-order valence-corrected chi connectivity index (χ4v) is 3.32. The number of carbonyl (C=O) groups excluding carboxylic acids is 1. The molecule has 1 saturated carbocycles. The van der Waals surface area contributed by atoms with E-state index in [1.807, 2.05) is 25.1 Å². The number of hydrogen-bond donors (Lipinski definition) is 1. The Labute approximate surface area is 117 Å². The molecule has 2 unspecified atom stereocenters. The Hall–Kier alpha value is -0.830. The molecule has 2 rings (SSSR count). The second kappa shape index (κ2) is 5.87. The average Bonchev–Trinajstić information content (AvgIpc) is 2.79. The molecule has 1 N–H and O–H groups in total. The highest BCUT2D eigenvalue weighted by molar-refractivity contribution is 9.09. The normalized spacial score (nSPS) is 23.1. The van der Waals surface area contributed by atoms with Crippen molar-refractivity contribution in [3.05, 3.63) is 34.9 Å². The van der Waals surface area contributed by atoms with Crippen molar-refractivity contribution in [3.63, 3.8) is 0 Å². The van der Waals surface area contributed by atoms with Crippen LogP contribution in [-0.4, -0.2) is 17.3 Å². The number of aryl methyl sites for hydroxylation is 2. The summed E-state index contributed by atoms with van der Waals surface area (Å²) in [7, 11) is 0.